The Kier molecular flexibility index (Phi) is 4.46. The molecule has 19 heavy (non-hydrogen) atoms. The van der Waals surface area contributed by atoms with E-state index in [1.807, 2.05) is 0 Å². The predicted octanol–water partition coefficient (Wildman–Crippen LogP) is 0.936. The largest absolute Gasteiger partial charge is 0.477 e. The van der Waals surface area contributed by atoms with E-state index in [0.29, 0.717) is 12.5 Å². The van der Waals surface area contributed by atoms with Gasteiger partial charge < -0.3 is 15.2 Å². The first-order valence-electron chi connectivity index (χ1n) is 6.23. The van der Waals surface area contributed by atoms with E-state index in [4.69, 9.17) is 9.84 Å². The number of amides is 1. The van der Waals surface area contributed by atoms with Crippen molar-refractivity contribution < 1.29 is 19.4 Å². The van der Waals surface area contributed by atoms with Gasteiger partial charge in [0.15, 0.2) is 0 Å². The second kappa shape index (κ2) is 6.29. The number of nitrogens with zero attached hydrogens (tertiary/aromatic N) is 1. The number of carbonyl (C=O) groups is 2. The molecule has 6 heteroatoms. The first kappa shape index (κ1) is 13.5. The molecule has 1 amide bonds. The lowest BCUT2D eigenvalue weighted by molar-refractivity contribution is 0.0641. The fourth-order valence-electron chi connectivity index (χ4n) is 1.96. The molecule has 0 atom stereocenters. The van der Waals surface area contributed by atoms with E-state index < -0.39 is 5.97 Å². The van der Waals surface area contributed by atoms with Gasteiger partial charge in [0, 0.05) is 19.8 Å². The van der Waals surface area contributed by atoms with Gasteiger partial charge in [-0.15, -0.1) is 0 Å². The number of hydrogen-bond donors (Lipinski definition) is 2. The molecule has 6 nitrogen and oxygen atoms in total. The highest BCUT2D eigenvalue weighted by Gasteiger charge is 2.16. The van der Waals surface area contributed by atoms with Crippen molar-refractivity contribution in [2.24, 2.45) is 5.92 Å². The summed E-state index contributed by atoms with van der Waals surface area (Å²) in [6.07, 6.45) is 1.87. The fraction of sp³-hybridized carbons (Fsp3) is 0.462. The van der Waals surface area contributed by atoms with Gasteiger partial charge in [-0.2, -0.15) is 0 Å². The van der Waals surface area contributed by atoms with Crippen LogP contribution in [-0.4, -0.2) is 41.7 Å². The third-order valence-corrected chi connectivity index (χ3v) is 3.09. The summed E-state index contributed by atoms with van der Waals surface area (Å²) in [4.78, 5) is 26.4. The zero-order valence-electron chi connectivity index (χ0n) is 10.5. The molecule has 1 aliphatic heterocycles. The number of nitrogens with one attached hydrogen (secondary N) is 1. The molecule has 1 fully saturated rings. The number of hydrogen-bond acceptors (Lipinski definition) is 4. The van der Waals surface area contributed by atoms with Crippen LogP contribution in [0, 0.1) is 5.92 Å². The lowest BCUT2D eigenvalue weighted by atomic mass is 10.0. The number of carboxylic acids is 1. The van der Waals surface area contributed by atoms with E-state index in [2.05, 4.69) is 10.3 Å². The molecule has 0 unspecified atom stereocenters. The van der Waals surface area contributed by atoms with Crippen LogP contribution >= 0.6 is 0 Å². The highest BCUT2D eigenvalue weighted by Crippen LogP contribution is 2.13. The Balaban J connectivity index is 1.92. The van der Waals surface area contributed by atoms with Crippen LogP contribution < -0.4 is 5.32 Å². The van der Waals surface area contributed by atoms with Crippen LogP contribution in [0.15, 0.2) is 18.2 Å². The highest BCUT2D eigenvalue weighted by molar-refractivity contribution is 5.94. The third kappa shape index (κ3) is 3.75. The molecule has 0 aliphatic carbocycles. The van der Waals surface area contributed by atoms with Crippen molar-refractivity contribution in [3.05, 3.63) is 29.6 Å². The molecule has 0 radical (unpaired) electrons. The zero-order valence-corrected chi connectivity index (χ0v) is 10.5. The Morgan fingerprint density at radius 3 is 2.68 bits per heavy atom. The van der Waals surface area contributed by atoms with Crippen LogP contribution in [0.5, 0.6) is 0 Å². The van der Waals surface area contributed by atoms with Crippen LogP contribution in [-0.2, 0) is 4.74 Å². The normalized spacial score (nSPS) is 16.0. The van der Waals surface area contributed by atoms with Gasteiger partial charge in [-0.25, -0.2) is 9.78 Å². The second-order valence-corrected chi connectivity index (χ2v) is 4.48. The third-order valence-electron chi connectivity index (χ3n) is 3.09. The summed E-state index contributed by atoms with van der Waals surface area (Å²) in [6, 6.07) is 4.38. The summed E-state index contributed by atoms with van der Waals surface area (Å²) < 4.78 is 5.24. The van der Waals surface area contributed by atoms with Crippen molar-refractivity contribution >= 4 is 11.9 Å². The van der Waals surface area contributed by atoms with Gasteiger partial charge in [0.2, 0.25) is 0 Å². The minimum atomic E-state index is -1.14. The zero-order chi connectivity index (χ0) is 13.7. The van der Waals surface area contributed by atoms with Crippen LogP contribution in [0.4, 0.5) is 0 Å². The second-order valence-electron chi connectivity index (χ2n) is 4.48. The van der Waals surface area contributed by atoms with Crippen LogP contribution in [0.2, 0.25) is 0 Å². The number of pyridine rings is 1. The Morgan fingerprint density at radius 2 is 2.00 bits per heavy atom. The first-order valence-corrected chi connectivity index (χ1v) is 6.23. The first-order chi connectivity index (χ1) is 9.16. The molecular weight excluding hydrogens is 248 g/mol. The summed E-state index contributed by atoms with van der Waals surface area (Å²) >= 11 is 0. The summed E-state index contributed by atoms with van der Waals surface area (Å²) in [5.74, 6) is -1.06. The average Bonchev–Trinajstić information content (AvgIpc) is 2.46. The van der Waals surface area contributed by atoms with Crippen LogP contribution in [0.1, 0.15) is 33.8 Å². The Bertz CT molecular complexity index is 469. The summed E-state index contributed by atoms with van der Waals surface area (Å²) in [7, 11) is 0. The average molecular weight is 264 g/mol. The molecule has 1 aliphatic rings. The molecule has 0 bridgehead atoms. The molecule has 2 heterocycles. The van der Waals surface area contributed by atoms with Crippen molar-refractivity contribution in [1.29, 1.82) is 0 Å². The smallest absolute Gasteiger partial charge is 0.354 e. The lowest BCUT2D eigenvalue weighted by Gasteiger charge is -2.22. The van der Waals surface area contributed by atoms with E-state index in [1.165, 1.54) is 18.2 Å². The van der Waals surface area contributed by atoms with Crippen molar-refractivity contribution in [2.45, 2.75) is 12.8 Å². The van der Waals surface area contributed by atoms with E-state index >= 15 is 0 Å². The maximum absolute atomic E-state index is 11.9. The van der Waals surface area contributed by atoms with Crippen LogP contribution in [0.25, 0.3) is 0 Å². The molecule has 1 saturated heterocycles. The molecule has 102 valence electrons. The number of aromatic nitrogens is 1. The lowest BCUT2D eigenvalue weighted by Crippen LogP contribution is -2.32. The van der Waals surface area contributed by atoms with E-state index in [9.17, 15) is 9.59 Å². The molecule has 2 rings (SSSR count). The standard InChI is InChI=1S/C13H16N2O4/c16-12(14-8-9-4-6-19-7-5-9)10-2-1-3-11(15-10)13(17)18/h1-3,9H,4-8H2,(H,14,16)(H,17,18). The van der Waals surface area contributed by atoms with E-state index in [1.54, 1.807) is 0 Å². The van der Waals surface area contributed by atoms with Crippen molar-refractivity contribution in [1.82, 2.24) is 10.3 Å². The Morgan fingerprint density at radius 1 is 1.32 bits per heavy atom. The Labute approximate surface area is 110 Å². The number of ether oxygens (including phenoxy) is 1. The number of aromatic carboxylic acids is 1. The molecule has 0 spiro atoms. The maximum Gasteiger partial charge on any atom is 0.354 e. The van der Waals surface area contributed by atoms with Gasteiger partial charge >= 0.3 is 5.97 Å². The SMILES string of the molecule is O=C(O)c1cccc(C(=O)NCC2CCOCC2)n1. The molecule has 0 saturated carbocycles. The molecule has 1 aromatic heterocycles. The van der Waals surface area contributed by atoms with Gasteiger partial charge in [-0.1, -0.05) is 6.07 Å². The van der Waals surface area contributed by atoms with E-state index in [0.717, 1.165) is 26.1 Å². The highest BCUT2D eigenvalue weighted by atomic mass is 16.5. The minimum Gasteiger partial charge on any atom is -0.477 e. The molecule has 1 aromatic rings. The van der Waals surface area contributed by atoms with Crippen molar-refractivity contribution in [3.8, 4) is 0 Å². The van der Waals surface area contributed by atoms with Gasteiger partial charge in [-0.3, -0.25) is 4.79 Å². The number of carbonyl (C=O) groups excluding carboxylic acids is 1. The van der Waals surface area contributed by atoms with Crippen LogP contribution in [0.3, 0.4) is 0 Å². The monoisotopic (exact) mass is 264 g/mol. The fourth-order valence-corrected chi connectivity index (χ4v) is 1.96. The van der Waals surface area contributed by atoms with Gasteiger partial charge in [0.25, 0.3) is 5.91 Å². The molecule has 2 N–H and O–H groups in total. The van der Waals surface area contributed by atoms with Crippen molar-refractivity contribution in [3.63, 3.8) is 0 Å². The number of rotatable bonds is 4. The van der Waals surface area contributed by atoms with Gasteiger partial charge in [-0.05, 0) is 30.9 Å². The maximum atomic E-state index is 11.9. The molecular formula is C13H16N2O4. The number of carboxylic acid groups (broad SMARTS) is 1. The molecule has 0 aromatic carbocycles. The predicted molar refractivity (Wildman–Crippen MR) is 67.1 cm³/mol. The summed E-state index contributed by atoms with van der Waals surface area (Å²) in [6.45, 7) is 2.03. The minimum absolute atomic E-state index is 0.126. The summed E-state index contributed by atoms with van der Waals surface area (Å²) in [5.41, 5.74) is 0.00526. The van der Waals surface area contributed by atoms with E-state index in [-0.39, 0.29) is 17.3 Å². The van der Waals surface area contributed by atoms with Gasteiger partial charge in [0.05, 0.1) is 0 Å². The quantitative estimate of drug-likeness (QED) is 0.844. The topological polar surface area (TPSA) is 88.5 Å². The van der Waals surface area contributed by atoms with Gasteiger partial charge in [0.1, 0.15) is 11.4 Å². The summed E-state index contributed by atoms with van der Waals surface area (Å²) in [5, 5.41) is 11.6. The Hall–Kier alpha value is -1.95. The van der Waals surface area contributed by atoms with Crippen molar-refractivity contribution in [2.75, 3.05) is 19.8 Å².